The van der Waals surface area contributed by atoms with E-state index in [9.17, 15) is 9.59 Å². The number of aromatic carboxylic acids is 2. The fourth-order valence-electron chi connectivity index (χ4n) is 0.940. The third-order valence-electron chi connectivity index (χ3n) is 1.58. The number of carbonyl (C=O) groups is 2. The van der Waals surface area contributed by atoms with Crippen molar-refractivity contribution in [2.45, 2.75) is 6.92 Å². The van der Waals surface area contributed by atoms with Crippen LogP contribution in [-0.2, 0) is 0 Å². The minimum absolute atomic E-state index is 0.00704. The highest BCUT2D eigenvalue weighted by molar-refractivity contribution is 5.95. The van der Waals surface area contributed by atoms with Crippen molar-refractivity contribution in [1.82, 2.24) is 4.98 Å². The third-order valence-corrected chi connectivity index (χ3v) is 1.58. The smallest absolute Gasteiger partial charge is 0.352 e. The zero-order valence-corrected chi connectivity index (χ0v) is 6.29. The lowest BCUT2D eigenvalue weighted by Gasteiger charge is -1.91. The SMILES string of the molecule is Cc1c(C(=O)O)c[nH]c1C(=O)O. The van der Waals surface area contributed by atoms with Crippen molar-refractivity contribution in [3.05, 3.63) is 23.0 Å². The Labute approximate surface area is 67.6 Å². The average Bonchev–Trinajstić information content (AvgIpc) is 2.30. The van der Waals surface area contributed by atoms with Gasteiger partial charge in [0.1, 0.15) is 5.69 Å². The number of aromatic amines is 1. The first-order chi connectivity index (χ1) is 5.54. The molecule has 0 radical (unpaired) electrons. The molecule has 1 aromatic rings. The van der Waals surface area contributed by atoms with Crippen molar-refractivity contribution in [3.63, 3.8) is 0 Å². The highest BCUT2D eigenvalue weighted by Gasteiger charge is 2.16. The maximum atomic E-state index is 10.4. The second-order valence-electron chi connectivity index (χ2n) is 2.31. The molecule has 5 nitrogen and oxygen atoms in total. The molecule has 1 aromatic heterocycles. The van der Waals surface area contributed by atoms with Crippen LogP contribution in [-0.4, -0.2) is 27.1 Å². The largest absolute Gasteiger partial charge is 0.478 e. The van der Waals surface area contributed by atoms with E-state index < -0.39 is 11.9 Å². The van der Waals surface area contributed by atoms with E-state index in [0.717, 1.165) is 0 Å². The molecule has 0 amide bonds. The van der Waals surface area contributed by atoms with Crippen LogP contribution in [0.4, 0.5) is 0 Å². The summed E-state index contributed by atoms with van der Waals surface area (Å²) >= 11 is 0. The lowest BCUT2D eigenvalue weighted by molar-refractivity contribution is 0.0688. The van der Waals surface area contributed by atoms with Gasteiger partial charge in [0.2, 0.25) is 0 Å². The van der Waals surface area contributed by atoms with Crippen LogP contribution in [0.5, 0.6) is 0 Å². The van der Waals surface area contributed by atoms with Crippen LogP contribution in [0, 0.1) is 6.92 Å². The number of carboxylic acids is 2. The zero-order chi connectivity index (χ0) is 9.30. The summed E-state index contributed by atoms with van der Waals surface area (Å²) in [4.78, 5) is 23.3. The van der Waals surface area contributed by atoms with E-state index in [1.807, 2.05) is 0 Å². The maximum Gasteiger partial charge on any atom is 0.352 e. The molecule has 5 heteroatoms. The number of hydrogen-bond acceptors (Lipinski definition) is 2. The Morgan fingerprint density at radius 1 is 1.33 bits per heavy atom. The van der Waals surface area contributed by atoms with Crippen LogP contribution < -0.4 is 0 Å². The van der Waals surface area contributed by atoms with Crippen LogP contribution in [0.1, 0.15) is 26.4 Å². The topological polar surface area (TPSA) is 90.4 Å². The molecule has 0 saturated heterocycles. The summed E-state index contributed by atoms with van der Waals surface area (Å²) in [5.41, 5.74) is 0.162. The van der Waals surface area contributed by atoms with Crippen molar-refractivity contribution < 1.29 is 19.8 Å². The van der Waals surface area contributed by atoms with E-state index in [1.165, 1.54) is 13.1 Å². The van der Waals surface area contributed by atoms with Crippen LogP contribution >= 0.6 is 0 Å². The lowest BCUT2D eigenvalue weighted by atomic mass is 10.2. The maximum absolute atomic E-state index is 10.4. The summed E-state index contributed by atoms with van der Waals surface area (Å²) in [6.07, 6.45) is 1.17. The van der Waals surface area contributed by atoms with Crippen LogP contribution in [0.2, 0.25) is 0 Å². The number of hydrogen-bond donors (Lipinski definition) is 3. The van der Waals surface area contributed by atoms with Crippen LogP contribution in [0.25, 0.3) is 0 Å². The zero-order valence-electron chi connectivity index (χ0n) is 6.29. The summed E-state index contributed by atoms with van der Waals surface area (Å²) in [7, 11) is 0. The quantitative estimate of drug-likeness (QED) is 0.608. The molecule has 0 aromatic carbocycles. The van der Waals surface area contributed by atoms with Gasteiger partial charge in [-0.2, -0.15) is 0 Å². The minimum atomic E-state index is -1.15. The predicted octanol–water partition coefficient (Wildman–Crippen LogP) is 0.720. The Bertz CT molecular complexity index is 308. The standard InChI is InChI=1S/C7H7NO4/c1-3-4(6(9)10)2-8-5(3)7(11)12/h2,8H,1H3,(H,9,10)(H,11,12). The van der Waals surface area contributed by atoms with Crippen molar-refractivity contribution in [2.24, 2.45) is 0 Å². The molecule has 0 bridgehead atoms. The Kier molecular flexibility index (Phi) is 1.86. The normalized spacial score (nSPS) is 9.75. The van der Waals surface area contributed by atoms with Gasteiger partial charge in [-0.25, -0.2) is 9.59 Å². The molecule has 0 aliphatic rings. The third kappa shape index (κ3) is 1.16. The van der Waals surface area contributed by atoms with Gasteiger partial charge in [0.15, 0.2) is 0 Å². The highest BCUT2D eigenvalue weighted by Crippen LogP contribution is 2.12. The van der Waals surface area contributed by atoms with Crippen molar-refractivity contribution >= 4 is 11.9 Å². The lowest BCUT2D eigenvalue weighted by Crippen LogP contribution is -2.01. The number of aromatic nitrogens is 1. The number of carboxylic acid groups (broad SMARTS) is 2. The second kappa shape index (κ2) is 2.69. The fraction of sp³-hybridized carbons (Fsp3) is 0.143. The highest BCUT2D eigenvalue weighted by atomic mass is 16.4. The second-order valence-corrected chi connectivity index (χ2v) is 2.31. The van der Waals surface area contributed by atoms with Crippen molar-refractivity contribution in [1.29, 1.82) is 0 Å². The summed E-state index contributed by atoms with van der Waals surface area (Å²) in [5, 5.41) is 17.1. The molecule has 64 valence electrons. The molecule has 12 heavy (non-hydrogen) atoms. The molecule has 0 atom stereocenters. The van der Waals surface area contributed by atoms with Gasteiger partial charge in [-0.15, -0.1) is 0 Å². The Morgan fingerprint density at radius 2 is 1.92 bits per heavy atom. The first-order valence-electron chi connectivity index (χ1n) is 3.18. The van der Waals surface area contributed by atoms with E-state index in [0.29, 0.717) is 0 Å². The van der Waals surface area contributed by atoms with Gasteiger partial charge >= 0.3 is 11.9 Å². The van der Waals surface area contributed by atoms with E-state index in [4.69, 9.17) is 10.2 Å². The molecule has 0 saturated carbocycles. The molecular formula is C7H7NO4. The van der Waals surface area contributed by atoms with Crippen molar-refractivity contribution in [3.8, 4) is 0 Å². The average molecular weight is 169 g/mol. The van der Waals surface area contributed by atoms with Gasteiger partial charge in [0.25, 0.3) is 0 Å². The summed E-state index contributed by atoms with van der Waals surface area (Å²) < 4.78 is 0. The summed E-state index contributed by atoms with van der Waals surface area (Å²) in [6.45, 7) is 1.45. The summed E-state index contributed by atoms with van der Waals surface area (Å²) in [6, 6.07) is 0. The molecular weight excluding hydrogens is 162 g/mol. The molecule has 3 N–H and O–H groups in total. The Morgan fingerprint density at radius 3 is 2.17 bits per heavy atom. The van der Waals surface area contributed by atoms with Gasteiger partial charge in [-0.3, -0.25) is 0 Å². The number of nitrogens with one attached hydrogen (secondary N) is 1. The van der Waals surface area contributed by atoms with Crippen molar-refractivity contribution in [2.75, 3.05) is 0 Å². The minimum Gasteiger partial charge on any atom is -0.478 e. The first-order valence-corrected chi connectivity index (χ1v) is 3.18. The molecule has 0 aliphatic carbocycles. The van der Waals surface area contributed by atoms with Gasteiger partial charge in [0.05, 0.1) is 5.56 Å². The monoisotopic (exact) mass is 169 g/mol. The Balaban J connectivity index is 3.22. The fourth-order valence-corrected chi connectivity index (χ4v) is 0.940. The summed E-state index contributed by atoms with van der Waals surface area (Å²) in [5.74, 6) is -2.28. The van der Waals surface area contributed by atoms with Crippen LogP contribution in [0.3, 0.4) is 0 Å². The Hall–Kier alpha value is -1.78. The molecule has 0 spiro atoms. The van der Waals surface area contributed by atoms with Crippen LogP contribution in [0.15, 0.2) is 6.20 Å². The molecule has 1 heterocycles. The number of H-pyrrole nitrogens is 1. The number of rotatable bonds is 2. The van der Waals surface area contributed by atoms with Gasteiger partial charge in [0, 0.05) is 6.20 Å². The predicted molar refractivity (Wildman–Crippen MR) is 39.4 cm³/mol. The van der Waals surface area contributed by atoms with E-state index in [-0.39, 0.29) is 16.8 Å². The molecule has 1 rings (SSSR count). The molecule has 0 unspecified atom stereocenters. The van der Waals surface area contributed by atoms with E-state index in [2.05, 4.69) is 4.98 Å². The first kappa shape index (κ1) is 8.32. The van der Waals surface area contributed by atoms with E-state index >= 15 is 0 Å². The van der Waals surface area contributed by atoms with Gasteiger partial charge in [-0.05, 0) is 12.5 Å². The van der Waals surface area contributed by atoms with E-state index in [1.54, 1.807) is 0 Å². The van der Waals surface area contributed by atoms with Gasteiger partial charge in [-0.1, -0.05) is 0 Å². The van der Waals surface area contributed by atoms with Gasteiger partial charge < -0.3 is 15.2 Å². The molecule has 0 fully saturated rings. The molecule has 0 aliphatic heterocycles.